The van der Waals surface area contributed by atoms with Crippen molar-refractivity contribution in [2.75, 3.05) is 18.4 Å². The SMILES string of the molecule is CCCN(CC(=O)Nc1ccnn1C1CCCC1)Cc1nnc(-c2ccccc2Cl)o1. The molecule has 1 aromatic carbocycles. The van der Waals surface area contributed by atoms with E-state index < -0.39 is 0 Å². The Morgan fingerprint density at radius 2 is 2.06 bits per heavy atom. The summed E-state index contributed by atoms with van der Waals surface area (Å²) >= 11 is 6.22. The van der Waals surface area contributed by atoms with Crippen molar-refractivity contribution < 1.29 is 9.21 Å². The Morgan fingerprint density at radius 1 is 1.26 bits per heavy atom. The highest BCUT2D eigenvalue weighted by atomic mass is 35.5. The number of rotatable bonds is 9. The van der Waals surface area contributed by atoms with Gasteiger partial charge in [-0.3, -0.25) is 9.69 Å². The fourth-order valence-corrected chi connectivity index (χ4v) is 4.24. The highest BCUT2D eigenvalue weighted by Crippen LogP contribution is 2.31. The summed E-state index contributed by atoms with van der Waals surface area (Å²) in [6.45, 7) is 3.43. The molecule has 2 heterocycles. The van der Waals surface area contributed by atoms with Crippen LogP contribution in [0, 0.1) is 0 Å². The van der Waals surface area contributed by atoms with Crippen LogP contribution in [0.3, 0.4) is 0 Å². The predicted molar refractivity (Wildman–Crippen MR) is 119 cm³/mol. The van der Waals surface area contributed by atoms with Gasteiger partial charge in [0.25, 0.3) is 0 Å². The number of benzene rings is 1. The van der Waals surface area contributed by atoms with Crippen molar-refractivity contribution in [1.29, 1.82) is 0 Å². The van der Waals surface area contributed by atoms with Gasteiger partial charge in [-0.1, -0.05) is 43.5 Å². The molecule has 4 rings (SSSR count). The number of amides is 1. The molecule has 0 spiro atoms. The van der Waals surface area contributed by atoms with Crippen molar-refractivity contribution in [1.82, 2.24) is 24.9 Å². The second kappa shape index (κ2) is 10.1. The van der Waals surface area contributed by atoms with Crippen molar-refractivity contribution in [3.63, 3.8) is 0 Å². The van der Waals surface area contributed by atoms with Gasteiger partial charge in [0.15, 0.2) is 0 Å². The number of anilines is 1. The van der Waals surface area contributed by atoms with Gasteiger partial charge < -0.3 is 9.73 Å². The van der Waals surface area contributed by atoms with E-state index in [2.05, 4.69) is 27.5 Å². The first-order valence-electron chi connectivity index (χ1n) is 10.8. The van der Waals surface area contributed by atoms with Crippen LogP contribution >= 0.6 is 11.6 Å². The van der Waals surface area contributed by atoms with Gasteiger partial charge in [0.05, 0.1) is 35.9 Å². The maximum absolute atomic E-state index is 12.7. The predicted octanol–water partition coefficient (Wildman–Crippen LogP) is 4.55. The van der Waals surface area contributed by atoms with Crippen molar-refractivity contribution in [2.45, 2.75) is 51.6 Å². The number of hydrogen-bond donors (Lipinski definition) is 1. The third-order valence-electron chi connectivity index (χ3n) is 5.45. The maximum Gasteiger partial charge on any atom is 0.249 e. The largest absolute Gasteiger partial charge is 0.419 e. The first-order chi connectivity index (χ1) is 15.1. The molecule has 31 heavy (non-hydrogen) atoms. The Balaban J connectivity index is 1.39. The molecular formula is C22H27ClN6O2. The fourth-order valence-electron chi connectivity index (χ4n) is 4.02. The number of halogens is 1. The second-order valence-corrected chi connectivity index (χ2v) is 8.25. The molecule has 0 unspecified atom stereocenters. The van der Waals surface area contributed by atoms with Gasteiger partial charge in [0.1, 0.15) is 5.82 Å². The van der Waals surface area contributed by atoms with Crippen molar-refractivity contribution in [2.24, 2.45) is 0 Å². The normalized spacial score (nSPS) is 14.4. The first kappa shape index (κ1) is 21.5. The van der Waals surface area contributed by atoms with Crippen molar-refractivity contribution >= 4 is 23.3 Å². The van der Waals surface area contributed by atoms with Gasteiger partial charge in [-0.05, 0) is 37.9 Å². The number of hydrogen-bond acceptors (Lipinski definition) is 6. The molecule has 0 atom stereocenters. The molecule has 1 amide bonds. The molecule has 1 saturated carbocycles. The molecule has 0 radical (unpaired) electrons. The van der Waals surface area contributed by atoms with Gasteiger partial charge in [-0.2, -0.15) is 5.10 Å². The minimum atomic E-state index is -0.0842. The summed E-state index contributed by atoms with van der Waals surface area (Å²) in [5.74, 6) is 1.50. The van der Waals surface area contributed by atoms with Gasteiger partial charge in [0.2, 0.25) is 17.7 Å². The standard InChI is InChI=1S/C22H27ClN6O2/c1-2-13-28(15-21-26-27-22(31-21)17-9-5-6-10-18(17)23)14-20(30)25-19-11-12-24-29(19)16-7-3-4-8-16/h5-6,9-12,16H,2-4,7-8,13-15H2,1H3,(H,25,30). The molecule has 3 aromatic rings. The number of nitrogens with one attached hydrogen (secondary N) is 1. The zero-order chi connectivity index (χ0) is 21.6. The maximum atomic E-state index is 12.7. The van der Waals surface area contributed by atoms with Crippen LogP contribution < -0.4 is 5.32 Å². The van der Waals surface area contributed by atoms with Gasteiger partial charge >= 0.3 is 0 Å². The van der Waals surface area contributed by atoms with Crippen molar-refractivity contribution in [3.8, 4) is 11.5 Å². The third-order valence-corrected chi connectivity index (χ3v) is 5.77. The van der Waals surface area contributed by atoms with E-state index in [4.69, 9.17) is 16.0 Å². The van der Waals surface area contributed by atoms with Gasteiger partial charge in [-0.25, -0.2) is 4.68 Å². The van der Waals surface area contributed by atoms with E-state index in [0.29, 0.717) is 35.0 Å². The third kappa shape index (κ3) is 5.32. The lowest BCUT2D eigenvalue weighted by atomic mass is 10.2. The highest BCUT2D eigenvalue weighted by Gasteiger charge is 2.21. The minimum absolute atomic E-state index is 0.0842. The van der Waals surface area contributed by atoms with Gasteiger partial charge in [0, 0.05) is 6.07 Å². The molecule has 1 N–H and O–H groups in total. The lowest BCUT2D eigenvalue weighted by Gasteiger charge is -2.20. The van der Waals surface area contributed by atoms with E-state index in [1.165, 1.54) is 12.8 Å². The summed E-state index contributed by atoms with van der Waals surface area (Å²) in [5, 5.41) is 16.2. The van der Waals surface area contributed by atoms with E-state index >= 15 is 0 Å². The molecule has 2 aromatic heterocycles. The van der Waals surface area contributed by atoms with Gasteiger partial charge in [-0.15, -0.1) is 10.2 Å². The molecule has 0 aliphatic heterocycles. The Morgan fingerprint density at radius 3 is 2.84 bits per heavy atom. The monoisotopic (exact) mass is 442 g/mol. The number of nitrogens with zero attached hydrogens (tertiary/aromatic N) is 5. The van der Waals surface area contributed by atoms with Crippen LogP contribution in [-0.4, -0.2) is 43.9 Å². The summed E-state index contributed by atoms with van der Waals surface area (Å²) in [4.78, 5) is 14.7. The first-order valence-corrected chi connectivity index (χ1v) is 11.1. The number of aromatic nitrogens is 4. The molecule has 0 bridgehead atoms. The fraction of sp³-hybridized carbons (Fsp3) is 0.455. The summed E-state index contributed by atoms with van der Waals surface area (Å²) in [6, 6.07) is 9.57. The molecule has 1 aliphatic carbocycles. The van der Waals surface area contributed by atoms with Crippen LogP contribution in [0.25, 0.3) is 11.5 Å². The van der Waals surface area contributed by atoms with Crippen LogP contribution in [0.5, 0.6) is 0 Å². The zero-order valence-corrected chi connectivity index (χ0v) is 18.4. The topological polar surface area (TPSA) is 89.1 Å². The van der Waals surface area contributed by atoms with Crippen LogP contribution in [0.2, 0.25) is 5.02 Å². The zero-order valence-electron chi connectivity index (χ0n) is 17.6. The highest BCUT2D eigenvalue weighted by molar-refractivity contribution is 6.33. The quantitative estimate of drug-likeness (QED) is 0.522. The Labute approximate surface area is 186 Å². The smallest absolute Gasteiger partial charge is 0.249 e. The number of carbonyl (C=O) groups excluding carboxylic acids is 1. The van der Waals surface area contributed by atoms with E-state index in [9.17, 15) is 4.79 Å². The Hall–Kier alpha value is -2.71. The molecule has 1 aliphatic rings. The van der Waals surface area contributed by atoms with E-state index in [1.54, 1.807) is 12.3 Å². The summed E-state index contributed by atoms with van der Waals surface area (Å²) < 4.78 is 7.75. The molecule has 8 nitrogen and oxygen atoms in total. The minimum Gasteiger partial charge on any atom is -0.419 e. The lowest BCUT2D eigenvalue weighted by molar-refractivity contribution is -0.117. The molecule has 1 fully saturated rings. The molecule has 9 heteroatoms. The van der Waals surface area contributed by atoms with Crippen molar-refractivity contribution in [3.05, 3.63) is 47.4 Å². The summed E-state index contributed by atoms with van der Waals surface area (Å²) in [7, 11) is 0. The average molecular weight is 443 g/mol. The number of carbonyl (C=O) groups is 1. The van der Waals surface area contributed by atoms with E-state index in [1.807, 2.05) is 33.8 Å². The van der Waals surface area contributed by atoms with Crippen LogP contribution in [0.15, 0.2) is 40.9 Å². The van der Waals surface area contributed by atoms with Crippen LogP contribution in [0.1, 0.15) is 51.0 Å². The van der Waals surface area contributed by atoms with Crippen LogP contribution in [0.4, 0.5) is 5.82 Å². The van der Waals surface area contributed by atoms with E-state index in [-0.39, 0.29) is 12.5 Å². The Kier molecular flexibility index (Phi) is 6.99. The van der Waals surface area contributed by atoms with Crippen LogP contribution in [-0.2, 0) is 11.3 Å². The molecular weight excluding hydrogens is 416 g/mol. The average Bonchev–Trinajstić information content (AvgIpc) is 3.50. The molecule has 164 valence electrons. The lowest BCUT2D eigenvalue weighted by Crippen LogP contribution is -2.34. The second-order valence-electron chi connectivity index (χ2n) is 7.84. The summed E-state index contributed by atoms with van der Waals surface area (Å²) in [6.07, 6.45) is 7.28. The molecule has 0 saturated heterocycles. The Bertz CT molecular complexity index is 1010. The summed E-state index contributed by atoms with van der Waals surface area (Å²) in [5.41, 5.74) is 0.697. The van der Waals surface area contributed by atoms with E-state index in [0.717, 1.165) is 31.6 Å².